The summed E-state index contributed by atoms with van der Waals surface area (Å²) >= 11 is 0. The molecule has 2 heteroatoms. The van der Waals surface area contributed by atoms with Crippen molar-refractivity contribution in [2.75, 3.05) is 7.11 Å². The van der Waals surface area contributed by atoms with E-state index in [0.29, 0.717) is 0 Å². The van der Waals surface area contributed by atoms with Crippen LogP contribution in [0.1, 0.15) is 18.3 Å². The molecule has 0 saturated heterocycles. The Morgan fingerprint density at radius 1 is 1.06 bits per heavy atom. The summed E-state index contributed by atoms with van der Waals surface area (Å²) in [7, 11) is 1.69. The number of methoxy groups -OCH3 is 1. The SMILES string of the molecule is CCc1ccc(C)n1-c1ccc(OC)cc1. The van der Waals surface area contributed by atoms with E-state index in [1.165, 1.54) is 17.1 Å². The highest BCUT2D eigenvalue weighted by molar-refractivity contribution is 5.41. The number of rotatable bonds is 3. The monoisotopic (exact) mass is 215 g/mol. The third-order valence-corrected chi connectivity index (χ3v) is 2.85. The molecule has 0 bridgehead atoms. The van der Waals surface area contributed by atoms with Crippen molar-refractivity contribution in [1.82, 2.24) is 4.57 Å². The molecule has 0 radical (unpaired) electrons. The van der Waals surface area contributed by atoms with E-state index < -0.39 is 0 Å². The molecule has 0 fully saturated rings. The van der Waals surface area contributed by atoms with Crippen LogP contribution in [0, 0.1) is 6.92 Å². The molecule has 1 aromatic carbocycles. The van der Waals surface area contributed by atoms with Gasteiger partial charge in [-0.1, -0.05) is 6.92 Å². The van der Waals surface area contributed by atoms with Crippen molar-refractivity contribution in [3.63, 3.8) is 0 Å². The summed E-state index contributed by atoms with van der Waals surface area (Å²) in [5.41, 5.74) is 3.80. The molecule has 0 saturated carbocycles. The van der Waals surface area contributed by atoms with Crippen LogP contribution >= 0.6 is 0 Å². The molecule has 2 rings (SSSR count). The molecular weight excluding hydrogens is 198 g/mol. The zero-order valence-corrected chi connectivity index (χ0v) is 10.0. The maximum Gasteiger partial charge on any atom is 0.119 e. The van der Waals surface area contributed by atoms with Crippen LogP contribution < -0.4 is 4.74 Å². The first-order valence-electron chi connectivity index (χ1n) is 5.58. The molecule has 0 unspecified atom stereocenters. The molecule has 0 aliphatic heterocycles. The minimum atomic E-state index is 0.895. The third-order valence-electron chi connectivity index (χ3n) is 2.85. The molecule has 2 aromatic rings. The Labute approximate surface area is 96.5 Å². The largest absolute Gasteiger partial charge is 0.497 e. The second-order valence-corrected chi connectivity index (χ2v) is 3.85. The second kappa shape index (κ2) is 4.44. The van der Waals surface area contributed by atoms with Crippen molar-refractivity contribution in [3.05, 3.63) is 47.8 Å². The lowest BCUT2D eigenvalue weighted by Crippen LogP contribution is -2.00. The summed E-state index contributed by atoms with van der Waals surface area (Å²) in [4.78, 5) is 0. The summed E-state index contributed by atoms with van der Waals surface area (Å²) < 4.78 is 7.44. The molecule has 84 valence electrons. The Hall–Kier alpha value is -1.70. The van der Waals surface area contributed by atoms with Gasteiger partial charge in [0, 0.05) is 17.1 Å². The zero-order valence-electron chi connectivity index (χ0n) is 10.0. The predicted octanol–water partition coefficient (Wildman–Crippen LogP) is 3.36. The molecule has 0 atom stereocenters. The number of nitrogens with zero attached hydrogens (tertiary/aromatic N) is 1. The van der Waals surface area contributed by atoms with E-state index in [4.69, 9.17) is 4.74 Å². The average Bonchev–Trinajstić information content (AvgIpc) is 2.70. The number of ether oxygens (including phenoxy) is 1. The van der Waals surface area contributed by atoms with Crippen LogP contribution in [0.2, 0.25) is 0 Å². The Kier molecular flexibility index (Phi) is 3.00. The van der Waals surface area contributed by atoms with Gasteiger partial charge in [-0.15, -0.1) is 0 Å². The van der Waals surface area contributed by atoms with Gasteiger partial charge in [0.25, 0.3) is 0 Å². The van der Waals surface area contributed by atoms with Gasteiger partial charge in [0.05, 0.1) is 7.11 Å². The molecule has 0 N–H and O–H groups in total. The third kappa shape index (κ3) is 1.83. The van der Waals surface area contributed by atoms with E-state index in [1.807, 2.05) is 12.1 Å². The van der Waals surface area contributed by atoms with Crippen LogP contribution in [-0.4, -0.2) is 11.7 Å². The van der Waals surface area contributed by atoms with Crippen LogP contribution in [0.25, 0.3) is 5.69 Å². The highest BCUT2D eigenvalue weighted by atomic mass is 16.5. The number of benzene rings is 1. The standard InChI is InChI=1S/C14H17NO/c1-4-12-6-5-11(2)15(12)13-7-9-14(16-3)10-8-13/h5-10H,4H2,1-3H3. The Bertz CT molecular complexity index is 468. The maximum absolute atomic E-state index is 5.16. The molecule has 1 aromatic heterocycles. The highest BCUT2D eigenvalue weighted by Crippen LogP contribution is 2.20. The van der Waals surface area contributed by atoms with Crippen molar-refractivity contribution in [3.8, 4) is 11.4 Å². The highest BCUT2D eigenvalue weighted by Gasteiger charge is 2.05. The van der Waals surface area contributed by atoms with Crippen molar-refractivity contribution < 1.29 is 4.74 Å². The molecule has 0 aliphatic rings. The zero-order chi connectivity index (χ0) is 11.5. The lowest BCUT2D eigenvalue weighted by Gasteiger charge is -2.11. The van der Waals surface area contributed by atoms with Crippen molar-refractivity contribution >= 4 is 0 Å². The van der Waals surface area contributed by atoms with Crippen LogP contribution in [-0.2, 0) is 6.42 Å². The van der Waals surface area contributed by atoms with Crippen molar-refractivity contribution in [2.24, 2.45) is 0 Å². The second-order valence-electron chi connectivity index (χ2n) is 3.85. The Morgan fingerprint density at radius 3 is 2.31 bits per heavy atom. The van der Waals surface area contributed by atoms with Crippen LogP contribution in [0.5, 0.6) is 5.75 Å². The molecule has 16 heavy (non-hydrogen) atoms. The first-order valence-corrected chi connectivity index (χ1v) is 5.58. The fourth-order valence-corrected chi connectivity index (χ4v) is 1.97. The smallest absolute Gasteiger partial charge is 0.119 e. The van der Waals surface area contributed by atoms with Gasteiger partial charge in [0.1, 0.15) is 5.75 Å². The van der Waals surface area contributed by atoms with E-state index in [9.17, 15) is 0 Å². The van der Waals surface area contributed by atoms with Gasteiger partial charge in [-0.2, -0.15) is 0 Å². The minimum Gasteiger partial charge on any atom is -0.497 e. The van der Waals surface area contributed by atoms with E-state index in [0.717, 1.165) is 12.2 Å². The fourth-order valence-electron chi connectivity index (χ4n) is 1.97. The molecule has 1 heterocycles. The summed E-state index contributed by atoms with van der Waals surface area (Å²) in [6.07, 6.45) is 1.04. The van der Waals surface area contributed by atoms with Crippen LogP contribution in [0.3, 0.4) is 0 Å². The average molecular weight is 215 g/mol. The van der Waals surface area contributed by atoms with Gasteiger partial charge in [0.2, 0.25) is 0 Å². The normalized spacial score (nSPS) is 10.4. The van der Waals surface area contributed by atoms with Crippen LogP contribution in [0.15, 0.2) is 36.4 Å². The van der Waals surface area contributed by atoms with E-state index in [2.05, 4.69) is 42.7 Å². The number of hydrogen-bond donors (Lipinski definition) is 0. The molecule has 0 amide bonds. The van der Waals surface area contributed by atoms with E-state index in [1.54, 1.807) is 7.11 Å². The van der Waals surface area contributed by atoms with Crippen molar-refractivity contribution in [2.45, 2.75) is 20.3 Å². The minimum absolute atomic E-state index is 0.895. The first kappa shape index (κ1) is 10.8. The van der Waals surface area contributed by atoms with E-state index in [-0.39, 0.29) is 0 Å². The van der Waals surface area contributed by atoms with Gasteiger partial charge in [-0.25, -0.2) is 0 Å². The lowest BCUT2D eigenvalue weighted by atomic mass is 10.2. The van der Waals surface area contributed by atoms with Gasteiger partial charge in [0.15, 0.2) is 0 Å². The number of aryl methyl sites for hydroxylation is 2. The molecule has 0 aliphatic carbocycles. The van der Waals surface area contributed by atoms with E-state index >= 15 is 0 Å². The maximum atomic E-state index is 5.16. The summed E-state index contributed by atoms with van der Waals surface area (Å²) in [6, 6.07) is 12.5. The van der Waals surface area contributed by atoms with Gasteiger partial charge in [-0.3, -0.25) is 0 Å². The van der Waals surface area contributed by atoms with Gasteiger partial charge >= 0.3 is 0 Å². The van der Waals surface area contributed by atoms with Gasteiger partial charge in [-0.05, 0) is 49.7 Å². The first-order chi connectivity index (χ1) is 7.76. The van der Waals surface area contributed by atoms with Gasteiger partial charge < -0.3 is 9.30 Å². The molecule has 0 spiro atoms. The Balaban J connectivity index is 2.45. The number of hydrogen-bond acceptors (Lipinski definition) is 1. The lowest BCUT2D eigenvalue weighted by molar-refractivity contribution is 0.414. The number of aromatic nitrogens is 1. The quantitative estimate of drug-likeness (QED) is 0.765. The fraction of sp³-hybridized carbons (Fsp3) is 0.286. The summed E-state index contributed by atoms with van der Waals surface area (Å²) in [6.45, 7) is 4.30. The predicted molar refractivity (Wildman–Crippen MR) is 66.4 cm³/mol. The molecule has 2 nitrogen and oxygen atoms in total. The van der Waals surface area contributed by atoms with Crippen LogP contribution in [0.4, 0.5) is 0 Å². The van der Waals surface area contributed by atoms with Crippen molar-refractivity contribution in [1.29, 1.82) is 0 Å². The summed E-state index contributed by atoms with van der Waals surface area (Å²) in [5, 5.41) is 0. The molecular formula is C14H17NO. The summed E-state index contributed by atoms with van der Waals surface area (Å²) in [5.74, 6) is 0.895. The topological polar surface area (TPSA) is 14.2 Å². The Morgan fingerprint density at radius 2 is 1.75 bits per heavy atom.